The summed E-state index contributed by atoms with van der Waals surface area (Å²) >= 11 is 0. The molecular formula is C19H25N5. The van der Waals surface area contributed by atoms with E-state index in [9.17, 15) is 0 Å². The SMILES string of the molecule is CN=C(NCCn1cc(C)cn1)N1CC=C(c2ccccc2)CC1. The Hall–Kier alpha value is -2.56. The molecule has 0 aliphatic carbocycles. The van der Waals surface area contributed by atoms with Crippen LogP contribution in [0.4, 0.5) is 0 Å². The van der Waals surface area contributed by atoms with Gasteiger partial charge in [0, 0.05) is 32.9 Å². The number of hydrogen-bond acceptors (Lipinski definition) is 2. The van der Waals surface area contributed by atoms with Crippen molar-refractivity contribution in [2.75, 3.05) is 26.7 Å². The minimum atomic E-state index is 0.819. The lowest BCUT2D eigenvalue weighted by Gasteiger charge is -2.29. The van der Waals surface area contributed by atoms with Gasteiger partial charge in [0.2, 0.25) is 0 Å². The highest BCUT2D eigenvalue weighted by Crippen LogP contribution is 2.21. The molecule has 0 saturated carbocycles. The summed E-state index contributed by atoms with van der Waals surface area (Å²) in [4.78, 5) is 6.71. The Labute approximate surface area is 143 Å². The Morgan fingerprint density at radius 1 is 1.29 bits per heavy atom. The zero-order chi connectivity index (χ0) is 16.8. The second-order valence-corrected chi connectivity index (χ2v) is 6.05. The van der Waals surface area contributed by atoms with Gasteiger partial charge in [0.25, 0.3) is 0 Å². The Bertz CT molecular complexity index is 714. The first kappa shape index (κ1) is 16.3. The van der Waals surface area contributed by atoms with E-state index in [4.69, 9.17) is 0 Å². The maximum absolute atomic E-state index is 4.42. The predicted molar refractivity (Wildman–Crippen MR) is 98.9 cm³/mol. The van der Waals surface area contributed by atoms with Crippen molar-refractivity contribution >= 4 is 11.5 Å². The van der Waals surface area contributed by atoms with Gasteiger partial charge < -0.3 is 10.2 Å². The van der Waals surface area contributed by atoms with Crippen molar-refractivity contribution in [3.05, 3.63) is 59.9 Å². The Morgan fingerprint density at radius 2 is 2.12 bits per heavy atom. The van der Waals surface area contributed by atoms with Crippen molar-refractivity contribution in [3.63, 3.8) is 0 Å². The minimum Gasteiger partial charge on any atom is -0.354 e. The summed E-state index contributed by atoms with van der Waals surface area (Å²) in [5.74, 6) is 0.960. The number of benzene rings is 1. The monoisotopic (exact) mass is 323 g/mol. The van der Waals surface area contributed by atoms with Crippen LogP contribution < -0.4 is 5.32 Å². The molecule has 5 nitrogen and oxygen atoms in total. The molecule has 5 heteroatoms. The maximum atomic E-state index is 4.42. The molecule has 0 radical (unpaired) electrons. The van der Waals surface area contributed by atoms with E-state index >= 15 is 0 Å². The quantitative estimate of drug-likeness (QED) is 0.695. The van der Waals surface area contributed by atoms with Gasteiger partial charge in [-0.3, -0.25) is 9.67 Å². The van der Waals surface area contributed by atoms with E-state index in [0.29, 0.717) is 0 Å². The molecule has 0 saturated heterocycles. The summed E-state index contributed by atoms with van der Waals surface area (Å²) in [5, 5.41) is 7.75. The van der Waals surface area contributed by atoms with Crippen LogP contribution in [0.1, 0.15) is 17.5 Å². The second kappa shape index (κ2) is 7.81. The molecule has 1 aromatic carbocycles. The van der Waals surface area contributed by atoms with E-state index in [1.54, 1.807) is 0 Å². The molecule has 2 aromatic rings. The molecule has 0 unspecified atom stereocenters. The first-order valence-corrected chi connectivity index (χ1v) is 8.45. The number of nitrogens with one attached hydrogen (secondary N) is 1. The molecule has 0 atom stereocenters. The van der Waals surface area contributed by atoms with Crippen LogP contribution in [0.25, 0.3) is 5.57 Å². The van der Waals surface area contributed by atoms with Crippen LogP contribution in [0.2, 0.25) is 0 Å². The van der Waals surface area contributed by atoms with Crippen LogP contribution in [0.5, 0.6) is 0 Å². The first-order valence-electron chi connectivity index (χ1n) is 8.45. The van der Waals surface area contributed by atoms with E-state index in [0.717, 1.165) is 38.6 Å². The van der Waals surface area contributed by atoms with Crippen LogP contribution in [0.15, 0.2) is 53.8 Å². The van der Waals surface area contributed by atoms with Gasteiger partial charge in [-0.15, -0.1) is 0 Å². The molecule has 0 bridgehead atoms. The number of rotatable bonds is 4. The Balaban J connectivity index is 1.53. The molecule has 126 valence electrons. The Kier molecular flexibility index (Phi) is 5.31. The number of hydrogen-bond donors (Lipinski definition) is 1. The fourth-order valence-electron chi connectivity index (χ4n) is 2.98. The number of aromatic nitrogens is 2. The van der Waals surface area contributed by atoms with E-state index < -0.39 is 0 Å². The smallest absolute Gasteiger partial charge is 0.194 e. The molecule has 0 fully saturated rings. The highest BCUT2D eigenvalue weighted by molar-refractivity contribution is 5.81. The van der Waals surface area contributed by atoms with Crippen molar-refractivity contribution < 1.29 is 0 Å². The molecule has 2 heterocycles. The van der Waals surface area contributed by atoms with Gasteiger partial charge in [0.15, 0.2) is 5.96 Å². The molecule has 3 rings (SSSR count). The third kappa shape index (κ3) is 4.04. The van der Waals surface area contributed by atoms with E-state index in [1.807, 2.05) is 17.9 Å². The molecule has 1 aromatic heterocycles. The standard InChI is InChI=1S/C19H25N5/c1-16-14-22-24(15-16)13-10-21-19(20-2)23-11-8-18(9-12-23)17-6-4-3-5-7-17/h3-8,14-15H,9-13H2,1-2H3,(H,20,21). The van der Waals surface area contributed by atoms with Gasteiger partial charge in [-0.2, -0.15) is 5.10 Å². The lowest BCUT2D eigenvalue weighted by molar-refractivity contribution is 0.436. The van der Waals surface area contributed by atoms with Crippen molar-refractivity contribution in [1.82, 2.24) is 20.0 Å². The molecule has 0 spiro atoms. The van der Waals surface area contributed by atoms with Crippen LogP contribution >= 0.6 is 0 Å². The van der Waals surface area contributed by atoms with Gasteiger partial charge in [-0.25, -0.2) is 0 Å². The predicted octanol–water partition coefficient (Wildman–Crippen LogP) is 2.56. The second-order valence-electron chi connectivity index (χ2n) is 6.05. The van der Waals surface area contributed by atoms with Crippen LogP contribution in [-0.2, 0) is 6.54 Å². The lowest BCUT2D eigenvalue weighted by Crippen LogP contribution is -2.44. The van der Waals surface area contributed by atoms with Crippen molar-refractivity contribution in [2.45, 2.75) is 19.9 Å². The van der Waals surface area contributed by atoms with Gasteiger partial charge in [-0.05, 0) is 30.0 Å². The average Bonchev–Trinajstić information content (AvgIpc) is 3.05. The summed E-state index contributed by atoms with van der Waals surface area (Å²) in [7, 11) is 1.84. The first-order chi connectivity index (χ1) is 11.8. The number of aryl methyl sites for hydroxylation is 1. The number of nitrogens with zero attached hydrogens (tertiary/aromatic N) is 4. The van der Waals surface area contributed by atoms with Crippen LogP contribution in [0, 0.1) is 6.92 Å². The largest absolute Gasteiger partial charge is 0.354 e. The third-order valence-electron chi connectivity index (χ3n) is 4.25. The summed E-state index contributed by atoms with van der Waals surface area (Å²) in [6.07, 6.45) is 7.29. The topological polar surface area (TPSA) is 45.5 Å². The molecular weight excluding hydrogens is 298 g/mol. The van der Waals surface area contributed by atoms with Gasteiger partial charge >= 0.3 is 0 Å². The zero-order valence-electron chi connectivity index (χ0n) is 14.4. The third-order valence-corrected chi connectivity index (χ3v) is 4.25. The van der Waals surface area contributed by atoms with E-state index in [-0.39, 0.29) is 0 Å². The van der Waals surface area contributed by atoms with Crippen molar-refractivity contribution in [2.24, 2.45) is 4.99 Å². The summed E-state index contributed by atoms with van der Waals surface area (Å²) < 4.78 is 1.96. The lowest BCUT2D eigenvalue weighted by atomic mass is 10.00. The summed E-state index contributed by atoms with van der Waals surface area (Å²) in [5.41, 5.74) is 3.94. The van der Waals surface area contributed by atoms with Crippen molar-refractivity contribution in [3.8, 4) is 0 Å². The van der Waals surface area contributed by atoms with Crippen LogP contribution in [-0.4, -0.2) is 47.3 Å². The molecule has 1 aliphatic rings. The maximum Gasteiger partial charge on any atom is 0.194 e. The summed E-state index contributed by atoms with van der Waals surface area (Å²) in [6, 6.07) is 10.6. The summed E-state index contributed by atoms with van der Waals surface area (Å²) in [6.45, 7) is 5.59. The highest BCUT2D eigenvalue weighted by Gasteiger charge is 2.15. The molecule has 1 N–H and O–H groups in total. The van der Waals surface area contributed by atoms with E-state index in [2.05, 4.69) is 69.8 Å². The molecule has 1 aliphatic heterocycles. The minimum absolute atomic E-state index is 0.819. The normalized spacial score (nSPS) is 15.3. The van der Waals surface area contributed by atoms with Crippen LogP contribution in [0.3, 0.4) is 0 Å². The fourth-order valence-corrected chi connectivity index (χ4v) is 2.98. The average molecular weight is 323 g/mol. The number of guanidine groups is 1. The van der Waals surface area contributed by atoms with Crippen molar-refractivity contribution in [1.29, 1.82) is 0 Å². The molecule has 24 heavy (non-hydrogen) atoms. The van der Waals surface area contributed by atoms with Gasteiger partial charge in [0.1, 0.15) is 0 Å². The fraction of sp³-hybridized carbons (Fsp3) is 0.368. The van der Waals surface area contributed by atoms with Gasteiger partial charge in [-0.1, -0.05) is 36.4 Å². The Morgan fingerprint density at radius 3 is 2.75 bits per heavy atom. The van der Waals surface area contributed by atoms with Gasteiger partial charge in [0.05, 0.1) is 12.7 Å². The van der Waals surface area contributed by atoms with E-state index in [1.165, 1.54) is 16.7 Å². The zero-order valence-corrected chi connectivity index (χ0v) is 14.4. The molecule has 0 amide bonds. The highest BCUT2D eigenvalue weighted by atomic mass is 15.3. The number of aliphatic imine (C=N–C) groups is 1.